The minimum Gasteiger partial charge on any atom is -0.375 e. The van der Waals surface area contributed by atoms with Gasteiger partial charge in [0.15, 0.2) is 0 Å². The Hall–Kier alpha value is -0.910. The molecule has 1 aliphatic carbocycles. The van der Waals surface area contributed by atoms with E-state index in [0.717, 1.165) is 25.1 Å². The molecule has 0 bridgehead atoms. The molecular weight excluding hydrogens is 252 g/mol. The van der Waals surface area contributed by atoms with E-state index in [1.807, 2.05) is 11.7 Å². The van der Waals surface area contributed by atoms with Gasteiger partial charge in [0, 0.05) is 24.9 Å². The number of aryl methyl sites for hydroxylation is 2. The second kappa shape index (κ2) is 5.13. The van der Waals surface area contributed by atoms with E-state index in [0.29, 0.717) is 5.92 Å². The number of hydrogen-bond acceptors (Lipinski definition) is 4. The van der Waals surface area contributed by atoms with E-state index >= 15 is 0 Å². The van der Waals surface area contributed by atoms with Crippen LogP contribution in [0.5, 0.6) is 0 Å². The maximum atomic E-state index is 6.04. The number of aromatic nitrogens is 2. The van der Waals surface area contributed by atoms with Crippen molar-refractivity contribution in [1.29, 1.82) is 0 Å². The van der Waals surface area contributed by atoms with Crippen LogP contribution in [0.2, 0.25) is 0 Å². The highest BCUT2D eigenvalue weighted by atomic mass is 16.5. The fourth-order valence-corrected chi connectivity index (χ4v) is 3.96. The van der Waals surface area contributed by atoms with Crippen molar-refractivity contribution < 1.29 is 4.74 Å². The van der Waals surface area contributed by atoms with Crippen LogP contribution in [0.3, 0.4) is 0 Å². The summed E-state index contributed by atoms with van der Waals surface area (Å²) in [7, 11) is 2.00. The summed E-state index contributed by atoms with van der Waals surface area (Å²) >= 11 is 0. The van der Waals surface area contributed by atoms with E-state index in [1.165, 1.54) is 30.5 Å². The molecule has 5 heteroatoms. The quantitative estimate of drug-likeness (QED) is 0.654. The maximum absolute atomic E-state index is 6.04. The Balaban J connectivity index is 1.85. The van der Waals surface area contributed by atoms with Crippen molar-refractivity contribution in [3.05, 3.63) is 17.0 Å². The third kappa shape index (κ3) is 2.18. The molecule has 5 nitrogen and oxygen atoms in total. The normalized spacial score (nSPS) is 26.5. The van der Waals surface area contributed by atoms with Crippen molar-refractivity contribution >= 4 is 0 Å². The second-order valence-electron chi connectivity index (χ2n) is 6.49. The van der Waals surface area contributed by atoms with Gasteiger partial charge in [-0.2, -0.15) is 5.10 Å². The largest absolute Gasteiger partial charge is 0.375 e. The number of ether oxygens (including phenoxy) is 1. The molecule has 112 valence electrons. The Morgan fingerprint density at radius 3 is 2.70 bits per heavy atom. The Labute approximate surface area is 120 Å². The van der Waals surface area contributed by atoms with Crippen molar-refractivity contribution in [2.45, 2.75) is 57.6 Å². The molecule has 2 fully saturated rings. The minimum atomic E-state index is 0.155. The first-order chi connectivity index (χ1) is 9.56. The molecular formula is C15H26N4O. The van der Waals surface area contributed by atoms with Crippen molar-refractivity contribution in [2.24, 2.45) is 18.8 Å². The van der Waals surface area contributed by atoms with Gasteiger partial charge in [0.2, 0.25) is 0 Å². The van der Waals surface area contributed by atoms with Crippen LogP contribution >= 0.6 is 0 Å². The third-order valence-electron chi connectivity index (χ3n) is 5.32. The first kappa shape index (κ1) is 14.0. The number of rotatable bonds is 3. The van der Waals surface area contributed by atoms with E-state index in [9.17, 15) is 0 Å². The van der Waals surface area contributed by atoms with Gasteiger partial charge in [-0.05, 0) is 51.9 Å². The summed E-state index contributed by atoms with van der Waals surface area (Å²) in [6.07, 6.45) is 5.93. The van der Waals surface area contributed by atoms with Crippen LogP contribution in [0.25, 0.3) is 0 Å². The van der Waals surface area contributed by atoms with Crippen LogP contribution in [0.1, 0.15) is 55.1 Å². The van der Waals surface area contributed by atoms with Gasteiger partial charge in [0.1, 0.15) is 0 Å². The second-order valence-corrected chi connectivity index (χ2v) is 6.49. The van der Waals surface area contributed by atoms with Crippen molar-refractivity contribution in [3.63, 3.8) is 0 Å². The Morgan fingerprint density at radius 1 is 1.45 bits per heavy atom. The number of nitrogens with zero attached hydrogens (tertiary/aromatic N) is 2. The van der Waals surface area contributed by atoms with Gasteiger partial charge in [-0.3, -0.25) is 16.0 Å². The molecule has 0 radical (unpaired) electrons. The Bertz CT molecular complexity index is 492. The van der Waals surface area contributed by atoms with Gasteiger partial charge in [0.25, 0.3) is 0 Å². The summed E-state index contributed by atoms with van der Waals surface area (Å²) in [5.74, 6) is 6.44. The van der Waals surface area contributed by atoms with Crippen LogP contribution in [0, 0.1) is 19.8 Å². The molecule has 0 amide bonds. The summed E-state index contributed by atoms with van der Waals surface area (Å²) in [5, 5.41) is 4.53. The zero-order chi connectivity index (χ0) is 14.3. The highest BCUT2D eigenvalue weighted by Gasteiger charge is 2.45. The molecule has 2 atom stereocenters. The highest BCUT2D eigenvalue weighted by molar-refractivity contribution is 5.29. The number of nitrogens with two attached hydrogens (primary N) is 1. The van der Waals surface area contributed by atoms with E-state index in [4.69, 9.17) is 10.6 Å². The summed E-state index contributed by atoms with van der Waals surface area (Å²) in [6, 6.07) is 0.185. The van der Waals surface area contributed by atoms with E-state index < -0.39 is 0 Å². The summed E-state index contributed by atoms with van der Waals surface area (Å²) in [4.78, 5) is 0. The van der Waals surface area contributed by atoms with Crippen LogP contribution in [-0.4, -0.2) is 22.0 Å². The highest BCUT2D eigenvalue weighted by Crippen LogP contribution is 2.47. The Morgan fingerprint density at radius 2 is 2.20 bits per heavy atom. The van der Waals surface area contributed by atoms with E-state index in [-0.39, 0.29) is 11.6 Å². The lowest BCUT2D eigenvalue weighted by Gasteiger charge is -2.48. The molecule has 3 N–H and O–H groups in total. The number of hydrogen-bond donors (Lipinski definition) is 2. The first-order valence-electron chi connectivity index (χ1n) is 7.66. The summed E-state index contributed by atoms with van der Waals surface area (Å²) in [6.45, 7) is 5.06. The molecule has 1 aromatic rings. The van der Waals surface area contributed by atoms with Crippen molar-refractivity contribution in [1.82, 2.24) is 15.2 Å². The molecule has 2 aliphatic rings. The molecule has 20 heavy (non-hydrogen) atoms. The van der Waals surface area contributed by atoms with Gasteiger partial charge in [-0.25, -0.2) is 0 Å². The Kier molecular flexibility index (Phi) is 3.60. The monoisotopic (exact) mass is 278 g/mol. The summed E-state index contributed by atoms with van der Waals surface area (Å²) in [5.41, 5.74) is 6.78. The van der Waals surface area contributed by atoms with Gasteiger partial charge in [0.05, 0.1) is 17.3 Å². The topological polar surface area (TPSA) is 65.1 Å². The van der Waals surface area contributed by atoms with E-state index in [1.54, 1.807) is 0 Å². The first-order valence-corrected chi connectivity index (χ1v) is 7.66. The molecule has 2 heterocycles. The van der Waals surface area contributed by atoms with Crippen molar-refractivity contribution in [3.8, 4) is 0 Å². The molecule has 0 aromatic carbocycles. The standard InChI is InChI=1S/C15H26N4O/c1-10-13(11(2)19(3)18-10)14(17-16)12-5-8-20-15(9-12)6-4-7-15/h12,14,17H,4-9,16H2,1-3H3. The van der Waals surface area contributed by atoms with Crippen molar-refractivity contribution in [2.75, 3.05) is 6.61 Å². The smallest absolute Gasteiger partial charge is 0.0686 e. The van der Waals surface area contributed by atoms with Gasteiger partial charge in [-0.1, -0.05) is 0 Å². The predicted octanol–water partition coefficient (Wildman–Crippen LogP) is 1.89. The molecule has 1 aromatic heterocycles. The maximum Gasteiger partial charge on any atom is 0.0686 e. The van der Waals surface area contributed by atoms with Crippen LogP contribution in [0.4, 0.5) is 0 Å². The molecule has 1 saturated carbocycles. The van der Waals surface area contributed by atoms with Crippen LogP contribution in [0.15, 0.2) is 0 Å². The average molecular weight is 278 g/mol. The van der Waals surface area contributed by atoms with Crippen LogP contribution < -0.4 is 11.3 Å². The molecule has 3 rings (SSSR count). The van der Waals surface area contributed by atoms with Gasteiger partial charge in [-0.15, -0.1) is 0 Å². The summed E-state index contributed by atoms with van der Waals surface area (Å²) < 4.78 is 7.99. The van der Waals surface area contributed by atoms with Gasteiger partial charge >= 0.3 is 0 Å². The molecule has 1 saturated heterocycles. The molecule has 1 aliphatic heterocycles. The van der Waals surface area contributed by atoms with Gasteiger partial charge < -0.3 is 4.74 Å². The zero-order valence-corrected chi connectivity index (χ0v) is 12.8. The number of nitrogens with one attached hydrogen (secondary N) is 1. The SMILES string of the molecule is Cc1nn(C)c(C)c1C(NN)C1CCOC2(CCC2)C1. The lowest BCUT2D eigenvalue weighted by Crippen LogP contribution is -2.48. The lowest BCUT2D eigenvalue weighted by atomic mass is 9.69. The zero-order valence-electron chi connectivity index (χ0n) is 12.8. The minimum absolute atomic E-state index is 0.155. The lowest BCUT2D eigenvalue weighted by molar-refractivity contribution is -0.147. The van der Waals surface area contributed by atoms with E-state index in [2.05, 4.69) is 24.4 Å². The molecule has 2 unspecified atom stereocenters. The third-order valence-corrected chi connectivity index (χ3v) is 5.32. The molecule has 1 spiro atoms. The van der Waals surface area contributed by atoms with Crippen LogP contribution in [-0.2, 0) is 11.8 Å². The number of hydrazine groups is 1. The average Bonchev–Trinajstić information content (AvgIpc) is 2.65. The fraction of sp³-hybridized carbons (Fsp3) is 0.800. The fourth-order valence-electron chi connectivity index (χ4n) is 3.96. The predicted molar refractivity (Wildman–Crippen MR) is 78.0 cm³/mol.